The molecule has 3 atom stereocenters. The summed E-state index contributed by atoms with van der Waals surface area (Å²) in [5, 5.41) is 9.96. The summed E-state index contributed by atoms with van der Waals surface area (Å²) < 4.78 is 46.6. The molecule has 4 rings (SSSR count). The fourth-order valence-electron chi connectivity index (χ4n) is 3.61. The molecule has 0 aliphatic carbocycles. The van der Waals surface area contributed by atoms with Crippen LogP contribution in [-0.4, -0.2) is 64.3 Å². The highest BCUT2D eigenvalue weighted by molar-refractivity contribution is 7.91. The smallest absolute Gasteiger partial charge is 0.344 e. The van der Waals surface area contributed by atoms with E-state index in [4.69, 9.17) is 4.84 Å². The lowest BCUT2D eigenvalue weighted by Gasteiger charge is -2.36. The molecule has 3 aliphatic rings. The van der Waals surface area contributed by atoms with Crippen molar-refractivity contribution in [3.8, 4) is 0 Å². The number of hydroxylamine groups is 1. The molecule has 0 bridgehead atoms. The third kappa shape index (κ3) is 4.24. The minimum Gasteiger partial charge on any atom is -0.344 e. The number of hydrogen-bond acceptors (Lipinski definition) is 8. The highest BCUT2D eigenvalue weighted by Crippen LogP contribution is 2.31. The summed E-state index contributed by atoms with van der Waals surface area (Å²) in [6.07, 6.45) is 0.0346. The Bertz CT molecular complexity index is 981. The Kier molecular flexibility index (Phi) is 4.98. The number of amides is 2. The first-order valence-corrected chi connectivity index (χ1v) is 12.6. The molecule has 2 saturated heterocycles. The molecule has 0 spiro atoms. The number of hydrogen-bond donors (Lipinski definition) is 3. The van der Waals surface area contributed by atoms with Crippen molar-refractivity contribution in [3.63, 3.8) is 0 Å². The molecule has 3 aliphatic heterocycles. The van der Waals surface area contributed by atoms with Gasteiger partial charge in [0, 0.05) is 12.1 Å². The Morgan fingerprint density at radius 3 is 2.32 bits per heavy atom. The van der Waals surface area contributed by atoms with Gasteiger partial charge in [0.25, 0.3) is 0 Å². The van der Waals surface area contributed by atoms with Crippen molar-refractivity contribution in [2.45, 2.75) is 31.3 Å². The first-order chi connectivity index (χ1) is 13.2. The van der Waals surface area contributed by atoms with Gasteiger partial charge in [0.1, 0.15) is 0 Å². The quantitative estimate of drug-likeness (QED) is 0.601. The van der Waals surface area contributed by atoms with E-state index in [0.29, 0.717) is 24.2 Å². The van der Waals surface area contributed by atoms with Crippen molar-refractivity contribution in [1.82, 2.24) is 10.6 Å². The lowest BCUT2D eigenvalue weighted by molar-refractivity contribution is 0.0295. The second-order valence-electron chi connectivity index (χ2n) is 7.26. The second-order valence-corrected chi connectivity index (χ2v) is 11.7. The highest BCUT2D eigenvalue weighted by Gasteiger charge is 2.36. The molecule has 0 radical (unpaired) electrons. The molecule has 0 unspecified atom stereocenters. The van der Waals surface area contributed by atoms with Crippen molar-refractivity contribution in [2.24, 2.45) is 0 Å². The average Bonchev–Trinajstić information content (AvgIpc) is 3.14. The second kappa shape index (κ2) is 7.17. The van der Waals surface area contributed by atoms with Gasteiger partial charge < -0.3 is 10.6 Å². The van der Waals surface area contributed by atoms with Gasteiger partial charge in [0.05, 0.1) is 34.4 Å². The maximum absolute atomic E-state index is 12.8. The highest BCUT2D eigenvalue weighted by atomic mass is 32.2. The minimum atomic E-state index is -3.13. The van der Waals surface area contributed by atoms with Crippen LogP contribution >= 0.6 is 0 Å². The fraction of sp³-hybridized carbons (Fsp3) is 0.562. The minimum absolute atomic E-state index is 0.0162. The van der Waals surface area contributed by atoms with Crippen LogP contribution in [0.15, 0.2) is 24.3 Å². The zero-order valence-electron chi connectivity index (χ0n) is 15.0. The maximum atomic E-state index is 12.8. The Balaban J connectivity index is 1.48. The van der Waals surface area contributed by atoms with E-state index in [0.717, 1.165) is 5.06 Å². The Labute approximate surface area is 163 Å². The maximum Gasteiger partial charge on any atom is 0.346 e. The molecule has 3 N–H and O–H groups in total. The topological polar surface area (TPSA) is 134 Å². The zero-order valence-corrected chi connectivity index (χ0v) is 16.6. The first-order valence-electron chi connectivity index (χ1n) is 9.01. The number of fused-ring (bicyclic) bond motifs is 1. The van der Waals surface area contributed by atoms with Crippen LogP contribution in [0.1, 0.15) is 12.8 Å². The van der Waals surface area contributed by atoms with E-state index in [9.17, 15) is 21.6 Å². The van der Waals surface area contributed by atoms with E-state index in [2.05, 4.69) is 16.0 Å². The fourth-order valence-corrected chi connectivity index (χ4v) is 6.97. The van der Waals surface area contributed by atoms with Gasteiger partial charge in [-0.3, -0.25) is 5.32 Å². The molecule has 2 amide bonds. The van der Waals surface area contributed by atoms with Gasteiger partial charge in [-0.2, -0.15) is 5.06 Å². The molecule has 28 heavy (non-hydrogen) atoms. The van der Waals surface area contributed by atoms with Crippen LogP contribution in [0.4, 0.5) is 16.2 Å². The van der Waals surface area contributed by atoms with Crippen molar-refractivity contribution < 1.29 is 26.5 Å². The predicted octanol–water partition coefficient (Wildman–Crippen LogP) is -0.193. The normalized spacial score (nSPS) is 30.4. The predicted molar refractivity (Wildman–Crippen MR) is 103 cm³/mol. The third-order valence-electron chi connectivity index (χ3n) is 4.98. The van der Waals surface area contributed by atoms with Crippen LogP contribution in [0.5, 0.6) is 0 Å². The lowest BCUT2D eigenvalue weighted by atomic mass is 10.2. The summed E-state index contributed by atoms with van der Waals surface area (Å²) in [4.78, 5) is 18.5. The van der Waals surface area contributed by atoms with Gasteiger partial charge in [-0.15, -0.1) is 0 Å². The van der Waals surface area contributed by atoms with Crippen LogP contribution in [0, 0.1) is 0 Å². The van der Waals surface area contributed by atoms with Gasteiger partial charge in [-0.25, -0.2) is 26.5 Å². The molecule has 2 fully saturated rings. The van der Waals surface area contributed by atoms with Gasteiger partial charge >= 0.3 is 6.03 Å². The summed E-state index contributed by atoms with van der Waals surface area (Å²) in [5.74, 6) is 0.0992. The van der Waals surface area contributed by atoms with E-state index < -0.39 is 38.1 Å². The number of para-hydroxylation sites is 2. The zero-order chi connectivity index (χ0) is 19.9. The summed E-state index contributed by atoms with van der Waals surface area (Å²) in [6.45, 7) is 0. The third-order valence-corrected chi connectivity index (χ3v) is 8.52. The Morgan fingerprint density at radius 2 is 1.68 bits per heavy atom. The number of sulfone groups is 2. The molecule has 3 heterocycles. The summed E-state index contributed by atoms with van der Waals surface area (Å²) in [7, 11) is -6.18. The Hall–Kier alpha value is -1.89. The van der Waals surface area contributed by atoms with E-state index in [-0.39, 0.29) is 29.1 Å². The number of nitrogens with one attached hydrogen (secondary N) is 3. The lowest BCUT2D eigenvalue weighted by Crippen LogP contribution is -2.55. The van der Waals surface area contributed by atoms with Crippen LogP contribution in [0.25, 0.3) is 0 Å². The largest absolute Gasteiger partial charge is 0.346 e. The average molecular weight is 431 g/mol. The molecule has 12 heteroatoms. The molecule has 0 aromatic heterocycles. The summed E-state index contributed by atoms with van der Waals surface area (Å²) in [6, 6.07) is 5.71. The van der Waals surface area contributed by atoms with Crippen LogP contribution < -0.4 is 21.0 Å². The van der Waals surface area contributed by atoms with E-state index in [1.54, 1.807) is 24.3 Å². The molecular weight excluding hydrogens is 408 g/mol. The molecule has 154 valence electrons. The van der Waals surface area contributed by atoms with E-state index in [1.165, 1.54) is 0 Å². The summed E-state index contributed by atoms with van der Waals surface area (Å²) in [5.41, 5.74) is 1.12. The molecular formula is C16H22N4O6S2. The van der Waals surface area contributed by atoms with Gasteiger partial charge in [0.15, 0.2) is 19.7 Å². The number of urea groups is 1. The van der Waals surface area contributed by atoms with Crippen molar-refractivity contribution in [3.05, 3.63) is 24.3 Å². The molecule has 0 saturated carbocycles. The van der Waals surface area contributed by atoms with Crippen LogP contribution in [0.2, 0.25) is 0 Å². The van der Waals surface area contributed by atoms with Crippen molar-refractivity contribution in [1.29, 1.82) is 0 Å². The number of anilines is 2. The monoisotopic (exact) mass is 430 g/mol. The first kappa shape index (κ1) is 19.4. The van der Waals surface area contributed by atoms with Crippen LogP contribution in [-0.2, 0) is 24.5 Å². The standard InChI is InChI=1S/C16H22N4O6S2/c21-16(18-12-6-8-28(24,25)10-12)20-14-4-2-1-3-13(14)19-15(26-20)17-11-5-7-27(22,23)9-11/h1-4,11-12,15,17,19H,5-10H2,(H,18,21)/t11-,12+,15+/m0/s1. The van der Waals surface area contributed by atoms with E-state index >= 15 is 0 Å². The SMILES string of the molecule is O=C(N[C@@H]1CCS(=O)(=O)C1)N1O[C@H](N[C@H]2CCS(=O)(=O)C2)Nc2ccccc21. The number of rotatable bonds is 3. The molecule has 10 nitrogen and oxygen atoms in total. The van der Waals surface area contributed by atoms with Crippen molar-refractivity contribution in [2.75, 3.05) is 33.4 Å². The number of carbonyl (C=O) groups is 1. The van der Waals surface area contributed by atoms with E-state index in [1.807, 2.05) is 0 Å². The molecule has 1 aromatic carbocycles. The van der Waals surface area contributed by atoms with Gasteiger partial charge in [0.2, 0.25) is 6.35 Å². The van der Waals surface area contributed by atoms with Crippen LogP contribution in [0.3, 0.4) is 0 Å². The van der Waals surface area contributed by atoms with Crippen molar-refractivity contribution >= 4 is 37.1 Å². The Morgan fingerprint density at radius 1 is 1.04 bits per heavy atom. The van der Waals surface area contributed by atoms with Gasteiger partial charge in [-0.05, 0) is 25.0 Å². The van der Waals surface area contributed by atoms with Gasteiger partial charge in [-0.1, -0.05) is 12.1 Å². The summed E-state index contributed by atoms with van der Waals surface area (Å²) >= 11 is 0. The molecule has 1 aromatic rings. The number of nitrogens with zero attached hydrogens (tertiary/aromatic N) is 1. The number of benzene rings is 1. The number of carbonyl (C=O) groups excluding carboxylic acids is 1.